The van der Waals surface area contributed by atoms with Crippen molar-refractivity contribution < 1.29 is 33.6 Å². The van der Waals surface area contributed by atoms with Gasteiger partial charge in [0.15, 0.2) is 0 Å². The number of nitrogens with two attached hydrogens (primary N) is 1. The van der Waals surface area contributed by atoms with Crippen molar-refractivity contribution in [1.82, 2.24) is 0 Å². The number of unbranched alkanes of at least 4 members (excludes halogenated alkanes) is 1. The summed E-state index contributed by atoms with van der Waals surface area (Å²) in [5.41, 5.74) is 11.2. The van der Waals surface area contributed by atoms with Crippen LogP contribution < -0.4 is 19.9 Å². The molecular weight excluding hydrogens is 474 g/mol. The molecule has 0 aromatic heterocycles. The second-order valence-corrected chi connectivity index (χ2v) is 8.78. The standard InChI is InChI=1S/C29H31NO7/c1-34-24-15-18(36-14-8-7-13-26(31)32)16-25(35-2)27(24)28(30)29(33)37-17-23-21-11-5-3-9-19(21)20-10-4-6-12-22(20)23/h3-6,9-12,15-16,23,28H,7-8,13-14,17,30H2,1-2H3,(H,31,32)/t28-/m0/s1. The average molecular weight is 506 g/mol. The van der Waals surface area contributed by atoms with Crippen molar-refractivity contribution in [2.24, 2.45) is 5.73 Å². The normalized spacial score (nSPS) is 12.8. The van der Waals surface area contributed by atoms with Crippen LogP contribution in [-0.4, -0.2) is 44.5 Å². The Hall–Kier alpha value is -4.04. The maximum absolute atomic E-state index is 13.1. The fourth-order valence-corrected chi connectivity index (χ4v) is 4.69. The van der Waals surface area contributed by atoms with E-state index in [1.807, 2.05) is 24.3 Å². The van der Waals surface area contributed by atoms with Gasteiger partial charge < -0.3 is 29.8 Å². The summed E-state index contributed by atoms with van der Waals surface area (Å²) in [7, 11) is 2.94. The highest BCUT2D eigenvalue weighted by Gasteiger charge is 2.31. The molecule has 8 nitrogen and oxygen atoms in total. The van der Waals surface area contributed by atoms with Crippen molar-refractivity contribution in [2.45, 2.75) is 31.2 Å². The van der Waals surface area contributed by atoms with Crippen molar-refractivity contribution >= 4 is 11.9 Å². The minimum atomic E-state index is -1.14. The van der Waals surface area contributed by atoms with Crippen molar-refractivity contribution in [3.63, 3.8) is 0 Å². The number of methoxy groups -OCH3 is 2. The molecular formula is C29H31NO7. The Morgan fingerprint density at radius 3 is 2.03 bits per heavy atom. The molecule has 3 aromatic rings. The van der Waals surface area contributed by atoms with Gasteiger partial charge in [0.05, 0.1) is 26.4 Å². The van der Waals surface area contributed by atoms with Crippen LogP contribution in [-0.2, 0) is 14.3 Å². The molecule has 0 saturated heterocycles. The smallest absolute Gasteiger partial charge is 0.327 e. The molecule has 8 heteroatoms. The van der Waals surface area contributed by atoms with Crippen LogP contribution >= 0.6 is 0 Å². The van der Waals surface area contributed by atoms with Gasteiger partial charge in [0.1, 0.15) is 29.9 Å². The van der Waals surface area contributed by atoms with Gasteiger partial charge in [-0.05, 0) is 35.1 Å². The SMILES string of the molecule is COc1cc(OCCCCC(=O)O)cc(OC)c1[C@H](N)C(=O)OCC1c2ccccc2-c2ccccc21. The zero-order valence-electron chi connectivity index (χ0n) is 20.9. The molecule has 0 spiro atoms. The molecule has 1 aliphatic carbocycles. The van der Waals surface area contributed by atoms with E-state index in [-0.39, 0.29) is 18.9 Å². The van der Waals surface area contributed by atoms with E-state index in [0.717, 1.165) is 22.3 Å². The zero-order chi connectivity index (χ0) is 26.4. The van der Waals surface area contributed by atoms with E-state index < -0.39 is 18.0 Å². The second-order valence-electron chi connectivity index (χ2n) is 8.78. The maximum Gasteiger partial charge on any atom is 0.327 e. The van der Waals surface area contributed by atoms with Crippen molar-refractivity contribution in [3.05, 3.63) is 77.4 Å². The number of hydrogen-bond acceptors (Lipinski definition) is 7. The molecule has 1 aliphatic rings. The molecule has 0 saturated carbocycles. The largest absolute Gasteiger partial charge is 0.496 e. The highest BCUT2D eigenvalue weighted by Crippen LogP contribution is 2.45. The fourth-order valence-electron chi connectivity index (χ4n) is 4.69. The van der Waals surface area contributed by atoms with Gasteiger partial charge in [-0.2, -0.15) is 0 Å². The van der Waals surface area contributed by atoms with Gasteiger partial charge >= 0.3 is 11.9 Å². The molecule has 1 atom stereocenters. The Labute approximate surface area is 215 Å². The number of benzene rings is 3. The van der Waals surface area contributed by atoms with Crippen molar-refractivity contribution in [2.75, 3.05) is 27.4 Å². The molecule has 3 N–H and O–H groups in total. The highest BCUT2D eigenvalue weighted by atomic mass is 16.5. The number of carbonyl (C=O) groups is 2. The second kappa shape index (κ2) is 11.8. The zero-order valence-corrected chi connectivity index (χ0v) is 20.9. The number of carboxylic acid groups (broad SMARTS) is 1. The Kier molecular flexibility index (Phi) is 8.30. The predicted molar refractivity (Wildman–Crippen MR) is 138 cm³/mol. The number of hydrogen-bond donors (Lipinski definition) is 2. The Morgan fingerprint density at radius 2 is 1.49 bits per heavy atom. The summed E-state index contributed by atoms with van der Waals surface area (Å²) in [4.78, 5) is 23.8. The first-order valence-electron chi connectivity index (χ1n) is 12.2. The first-order chi connectivity index (χ1) is 17.9. The molecule has 3 aromatic carbocycles. The fraction of sp³-hybridized carbons (Fsp3) is 0.310. The van der Waals surface area contributed by atoms with Gasteiger partial charge in [0.25, 0.3) is 0 Å². The van der Waals surface area contributed by atoms with Crippen LogP contribution in [0.3, 0.4) is 0 Å². The topological polar surface area (TPSA) is 117 Å². The minimum absolute atomic E-state index is 0.0794. The van der Waals surface area contributed by atoms with E-state index in [1.54, 1.807) is 12.1 Å². The van der Waals surface area contributed by atoms with Crippen LogP contribution in [0.1, 0.15) is 47.9 Å². The Balaban J connectivity index is 1.47. The lowest BCUT2D eigenvalue weighted by Gasteiger charge is -2.21. The summed E-state index contributed by atoms with van der Waals surface area (Å²) >= 11 is 0. The lowest BCUT2D eigenvalue weighted by molar-refractivity contribution is -0.145. The van der Waals surface area contributed by atoms with E-state index in [2.05, 4.69) is 24.3 Å². The van der Waals surface area contributed by atoms with E-state index in [9.17, 15) is 9.59 Å². The quantitative estimate of drug-likeness (QED) is 0.269. The monoisotopic (exact) mass is 505 g/mol. The molecule has 0 unspecified atom stereocenters. The third-order valence-corrected chi connectivity index (χ3v) is 6.49. The third-order valence-electron chi connectivity index (χ3n) is 6.49. The number of ether oxygens (including phenoxy) is 4. The van der Waals surface area contributed by atoms with Crippen LogP contribution in [0.15, 0.2) is 60.7 Å². The first kappa shape index (κ1) is 26.0. The van der Waals surface area contributed by atoms with Gasteiger partial charge in [0.2, 0.25) is 0 Å². The van der Waals surface area contributed by atoms with Gasteiger partial charge in [-0.15, -0.1) is 0 Å². The van der Waals surface area contributed by atoms with Crippen molar-refractivity contribution in [3.8, 4) is 28.4 Å². The van der Waals surface area contributed by atoms with E-state index in [1.165, 1.54) is 14.2 Å². The number of rotatable bonds is 12. The number of fused-ring (bicyclic) bond motifs is 3. The van der Waals surface area contributed by atoms with E-state index >= 15 is 0 Å². The van der Waals surface area contributed by atoms with E-state index in [0.29, 0.717) is 42.3 Å². The number of carbonyl (C=O) groups excluding carboxylic acids is 1. The van der Waals surface area contributed by atoms with Crippen LogP contribution in [0.25, 0.3) is 11.1 Å². The molecule has 0 radical (unpaired) electrons. The molecule has 0 heterocycles. The molecule has 4 rings (SSSR count). The number of carboxylic acids is 1. The summed E-state index contributed by atoms with van der Waals surface area (Å²) in [6.45, 7) is 0.486. The average Bonchev–Trinajstić information content (AvgIpc) is 3.24. The van der Waals surface area contributed by atoms with Gasteiger partial charge in [-0.25, -0.2) is 4.79 Å². The molecule has 37 heavy (non-hydrogen) atoms. The molecule has 0 amide bonds. The van der Waals surface area contributed by atoms with Crippen LogP contribution in [0.5, 0.6) is 17.2 Å². The summed E-state index contributed by atoms with van der Waals surface area (Å²) in [6, 6.07) is 18.4. The maximum atomic E-state index is 13.1. The highest BCUT2D eigenvalue weighted by molar-refractivity contribution is 5.81. The molecule has 0 fully saturated rings. The third kappa shape index (κ3) is 5.70. The molecule has 194 valence electrons. The van der Waals surface area contributed by atoms with Gasteiger partial charge in [0, 0.05) is 24.5 Å². The minimum Gasteiger partial charge on any atom is -0.496 e. The van der Waals surface area contributed by atoms with Crippen LogP contribution in [0, 0.1) is 0 Å². The lowest BCUT2D eigenvalue weighted by Crippen LogP contribution is -2.26. The predicted octanol–water partition coefficient (Wildman–Crippen LogP) is 4.69. The number of aliphatic carboxylic acids is 1. The van der Waals surface area contributed by atoms with Crippen LogP contribution in [0.4, 0.5) is 0 Å². The Morgan fingerprint density at radius 1 is 0.919 bits per heavy atom. The first-order valence-corrected chi connectivity index (χ1v) is 12.2. The van der Waals surface area contributed by atoms with Gasteiger partial charge in [-0.3, -0.25) is 4.79 Å². The summed E-state index contributed by atoms with van der Waals surface area (Å²) < 4.78 is 22.5. The van der Waals surface area contributed by atoms with E-state index in [4.69, 9.17) is 29.8 Å². The van der Waals surface area contributed by atoms with Crippen molar-refractivity contribution in [1.29, 1.82) is 0 Å². The molecule has 0 aliphatic heterocycles. The summed E-state index contributed by atoms with van der Waals surface area (Å²) in [5.74, 6) is -0.380. The molecule has 0 bridgehead atoms. The summed E-state index contributed by atoms with van der Waals surface area (Å²) in [5, 5.41) is 8.76. The lowest BCUT2D eigenvalue weighted by atomic mass is 9.98. The number of esters is 1. The summed E-state index contributed by atoms with van der Waals surface area (Å²) in [6.07, 6.45) is 1.18. The van der Waals surface area contributed by atoms with Crippen LogP contribution in [0.2, 0.25) is 0 Å². The van der Waals surface area contributed by atoms with Gasteiger partial charge in [-0.1, -0.05) is 48.5 Å². The Bertz CT molecular complexity index is 1200.